The number of hydrogen-bond acceptors (Lipinski definition) is 4. The molecule has 0 aromatic carbocycles. The Morgan fingerprint density at radius 1 is 1.26 bits per heavy atom. The quantitative estimate of drug-likeness (QED) is 0.590. The van der Waals surface area contributed by atoms with E-state index in [-0.39, 0.29) is 5.91 Å². The van der Waals surface area contributed by atoms with E-state index in [0.29, 0.717) is 0 Å². The number of carbonyl (C=O) groups excluding carboxylic acids is 1. The molecule has 0 aliphatic carbocycles. The van der Waals surface area contributed by atoms with Crippen LogP contribution in [0, 0.1) is 0 Å². The van der Waals surface area contributed by atoms with Crippen LogP contribution in [0.25, 0.3) is 0 Å². The molecule has 1 fully saturated rings. The van der Waals surface area contributed by atoms with E-state index in [0.717, 1.165) is 58.2 Å². The number of hydrogen-bond donors (Lipinski definition) is 2. The van der Waals surface area contributed by atoms with Crippen LogP contribution in [-0.4, -0.2) is 74.5 Å². The van der Waals surface area contributed by atoms with Crippen LogP contribution in [0.3, 0.4) is 0 Å². The average Bonchev–Trinajstić information content (AvgIpc) is 3.07. The highest BCUT2D eigenvalue weighted by Crippen LogP contribution is 2.07. The van der Waals surface area contributed by atoms with Gasteiger partial charge in [0, 0.05) is 64.7 Å². The summed E-state index contributed by atoms with van der Waals surface area (Å²) in [5, 5.41) is 8.80. The van der Waals surface area contributed by atoms with Gasteiger partial charge >= 0.3 is 0 Å². The molecule has 6 nitrogen and oxygen atoms in total. The number of amides is 1. The molecule has 1 aromatic rings. The van der Waals surface area contributed by atoms with E-state index in [1.807, 2.05) is 4.90 Å². The van der Waals surface area contributed by atoms with Crippen LogP contribution in [-0.2, 0) is 11.2 Å². The van der Waals surface area contributed by atoms with Crippen molar-refractivity contribution in [3.8, 4) is 0 Å². The zero-order valence-corrected chi connectivity index (χ0v) is 14.9. The summed E-state index contributed by atoms with van der Waals surface area (Å²) in [7, 11) is 1.80. The molecule has 2 rings (SSSR count). The third-order valence-corrected chi connectivity index (χ3v) is 4.94. The Hall–Kier alpha value is -1.60. The Labute approximate surface area is 142 Å². The van der Waals surface area contributed by atoms with Gasteiger partial charge in [0.2, 0.25) is 5.91 Å². The second-order valence-corrected chi connectivity index (χ2v) is 6.64. The molecule has 0 unspecified atom stereocenters. The molecule has 0 atom stereocenters. The van der Waals surface area contributed by atoms with Gasteiger partial charge in [-0.25, -0.2) is 0 Å². The molecule has 128 valence electrons. The summed E-state index contributed by atoms with van der Waals surface area (Å²) in [5.41, 5.74) is 0. The molecule has 0 saturated carbocycles. The number of piperazine rings is 1. The summed E-state index contributed by atoms with van der Waals surface area (Å²) >= 11 is 1.79. The average molecular weight is 337 g/mol. The third kappa shape index (κ3) is 6.19. The van der Waals surface area contributed by atoms with Crippen molar-refractivity contribution in [2.24, 2.45) is 4.99 Å². The normalized spacial score (nSPS) is 16.4. The van der Waals surface area contributed by atoms with Crippen molar-refractivity contribution >= 4 is 23.2 Å². The lowest BCUT2D eigenvalue weighted by molar-refractivity contribution is -0.130. The van der Waals surface area contributed by atoms with Crippen molar-refractivity contribution in [2.45, 2.75) is 13.3 Å². The fourth-order valence-electron chi connectivity index (χ4n) is 2.60. The van der Waals surface area contributed by atoms with E-state index < -0.39 is 0 Å². The Morgan fingerprint density at radius 3 is 2.61 bits per heavy atom. The molecule has 0 bridgehead atoms. The highest BCUT2D eigenvalue weighted by Gasteiger charge is 2.17. The van der Waals surface area contributed by atoms with Gasteiger partial charge in [0.25, 0.3) is 0 Å². The molecule has 0 spiro atoms. The second-order valence-electron chi connectivity index (χ2n) is 5.60. The summed E-state index contributed by atoms with van der Waals surface area (Å²) in [6, 6.07) is 4.24. The van der Waals surface area contributed by atoms with Crippen LogP contribution in [0.5, 0.6) is 0 Å². The van der Waals surface area contributed by atoms with Crippen LogP contribution in [0.1, 0.15) is 11.8 Å². The summed E-state index contributed by atoms with van der Waals surface area (Å²) in [6.45, 7) is 7.93. The number of carbonyl (C=O) groups is 1. The predicted octanol–water partition coefficient (Wildman–Crippen LogP) is 0.620. The van der Waals surface area contributed by atoms with Crippen molar-refractivity contribution < 1.29 is 4.79 Å². The largest absolute Gasteiger partial charge is 0.356 e. The Bertz CT molecular complexity index is 495. The Balaban J connectivity index is 1.58. The van der Waals surface area contributed by atoms with Gasteiger partial charge in [0.05, 0.1) is 0 Å². The molecule has 1 saturated heterocycles. The Kier molecular flexibility index (Phi) is 7.35. The SMILES string of the molecule is CN=C(NCCc1cccs1)NCCN1CCN(C(C)=O)CC1. The number of nitrogens with one attached hydrogen (secondary N) is 2. The van der Waals surface area contributed by atoms with E-state index >= 15 is 0 Å². The minimum atomic E-state index is 0.179. The first kappa shape index (κ1) is 17.7. The zero-order chi connectivity index (χ0) is 16.5. The van der Waals surface area contributed by atoms with Gasteiger partial charge in [-0.2, -0.15) is 0 Å². The topological polar surface area (TPSA) is 60.0 Å². The van der Waals surface area contributed by atoms with Crippen molar-refractivity contribution in [3.63, 3.8) is 0 Å². The maximum Gasteiger partial charge on any atom is 0.219 e. The van der Waals surface area contributed by atoms with E-state index in [1.54, 1.807) is 25.3 Å². The van der Waals surface area contributed by atoms with Gasteiger partial charge in [-0.1, -0.05) is 6.07 Å². The molecule has 23 heavy (non-hydrogen) atoms. The predicted molar refractivity (Wildman–Crippen MR) is 96.1 cm³/mol. The van der Waals surface area contributed by atoms with Crippen molar-refractivity contribution in [3.05, 3.63) is 22.4 Å². The zero-order valence-electron chi connectivity index (χ0n) is 14.0. The first-order valence-corrected chi connectivity index (χ1v) is 9.02. The van der Waals surface area contributed by atoms with Crippen molar-refractivity contribution in [1.82, 2.24) is 20.4 Å². The standard InChI is InChI=1S/C16H27N5OS/c1-14(22)21-11-9-20(10-12-21)8-7-19-16(17-2)18-6-5-15-4-3-13-23-15/h3-4,13H,5-12H2,1-2H3,(H2,17,18,19). The van der Waals surface area contributed by atoms with Gasteiger partial charge < -0.3 is 15.5 Å². The number of rotatable bonds is 6. The van der Waals surface area contributed by atoms with Gasteiger partial charge in [-0.05, 0) is 17.9 Å². The smallest absolute Gasteiger partial charge is 0.219 e. The van der Waals surface area contributed by atoms with Crippen molar-refractivity contribution in [1.29, 1.82) is 0 Å². The molecule has 2 N–H and O–H groups in total. The lowest BCUT2D eigenvalue weighted by Crippen LogP contribution is -2.50. The molecule has 7 heteroatoms. The highest BCUT2D eigenvalue weighted by atomic mass is 32.1. The number of aliphatic imine (C=N–C) groups is 1. The number of nitrogens with zero attached hydrogens (tertiary/aromatic N) is 3. The summed E-state index contributed by atoms with van der Waals surface area (Å²) in [6.07, 6.45) is 1.02. The van der Waals surface area contributed by atoms with Crippen LogP contribution in [0.2, 0.25) is 0 Å². The number of guanidine groups is 1. The van der Waals surface area contributed by atoms with E-state index in [2.05, 4.69) is 38.0 Å². The molecule has 1 aliphatic heterocycles. The molecule has 1 aliphatic rings. The fourth-order valence-corrected chi connectivity index (χ4v) is 3.31. The minimum Gasteiger partial charge on any atom is -0.356 e. The van der Waals surface area contributed by atoms with E-state index in [4.69, 9.17) is 0 Å². The summed E-state index contributed by atoms with van der Waals surface area (Å²) in [4.78, 5) is 21.2. The summed E-state index contributed by atoms with van der Waals surface area (Å²) < 4.78 is 0. The van der Waals surface area contributed by atoms with Crippen LogP contribution < -0.4 is 10.6 Å². The van der Waals surface area contributed by atoms with E-state index in [9.17, 15) is 4.79 Å². The molecular weight excluding hydrogens is 310 g/mol. The summed E-state index contributed by atoms with van der Waals surface area (Å²) in [5.74, 6) is 1.03. The number of thiophene rings is 1. The molecule has 2 heterocycles. The lowest BCUT2D eigenvalue weighted by atomic mass is 10.3. The Morgan fingerprint density at radius 2 is 2.00 bits per heavy atom. The van der Waals surface area contributed by atoms with Crippen LogP contribution in [0.15, 0.2) is 22.5 Å². The molecule has 1 amide bonds. The van der Waals surface area contributed by atoms with Crippen LogP contribution >= 0.6 is 11.3 Å². The molecule has 1 aromatic heterocycles. The molecule has 0 radical (unpaired) electrons. The maximum atomic E-state index is 11.3. The minimum absolute atomic E-state index is 0.179. The molecular formula is C16H27N5OS. The lowest BCUT2D eigenvalue weighted by Gasteiger charge is -2.34. The third-order valence-electron chi connectivity index (χ3n) is 4.01. The first-order chi connectivity index (χ1) is 11.2. The first-order valence-electron chi connectivity index (χ1n) is 8.14. The van der Waals surface area contributed by atoms with Crippen molar-refractivity contribution in [2.75, 3.05) is 52.9 Å². The van der Waals surface area contributed by atoms with Gasteiger partial charge in [-0.3, -0.25) is 14.7 Å². The second kappa shape index (κ2) is 9.52. The van der Waals surface area contributed by atoms with Gasteiger partial charge in [-0.15, -0.1) is 11.3 Å². The monoisotopic (exact) mass is 337 g/mol. The highest BCUT2D eigenvalue weighted by molar-refractivity contribution is 7.09. The fraction of sp³-hybridized carbons (Fsp3) is 0.625. The van der Waals surface area contributed by atoms with Gasteiger partial charge in [0.1, 0.15) is 0 Å². The van der Waals surface area contributed by atoms with Crippen LogP contribution in [0.4, 0.5) is 0 Å². The maximum absolute atomic E-state index is 11.3. The van der Waals surface area contributed by atoms with Gasteiger partial charge in [0.15, 0.2) is 5.96 Å². The van der Waals surface area contributed by atoms with E-state index in [1.165, 1.54) is 4.88 Å².